The molecule has 0 spiro atoms. The Kier molecular flexibility index (Phi) is 7.83. The average molecular weight is 555 g/mol. The third-order valence-electron chi connectivity index (χ3n) is 7.58. The minimum Gasteiger partial charge on any atom is -0.444 e. The van der Waals surface area contributed by atoms with Gasteiger partial charge in [0.1, 0.15) is 11.6 Å². The van der Waals surface area contributed by atoms with E-state index in [4.69, 9.17) is 9.47 Å². The number of nitrogens with zero attached hydrogens (tertiary/aromatic N) is 5. The number of hydrogen-bond donors (Lipinski definition) is 1. The van der Waals surface area contributed by atoms with Gasteiger partial charge in [-0.3, -0.25) is 24.6 Å². The van der Waals surface area contributed by atoms with Gasteiger partial charge < -0.3 is 19.3 Å². The topological polar surface area (TPSA) is 126 Å². The number of carbonyl (C=O) groups is 3. The van der Waals surface area contributed by atoms with E-state index in [-0.39, 0.29) is 36.5 Å². The van der Waals surface area contributed by atoms with Crippen molar-refractivity contribution in [1.29, 1.82) is 0 Å². The van der Waals surface area contributed by atoms with Gasteiger partial charge in [0.15, 0.2) is 0 Å². The van der Waals surface area contributed by atoms with Crippen LogP contribution in [0.1, 0.15) is 45.3 Å². The predicted molar refractivity (Wildman–Crippen MR) is 148 cm³/mol. The summed E-state index contributed by atoms with van der Waals surface area (Å²) < 4.78 is 12.7. The first kappa shape index (κ1) is 28.0. The quantitative estimate of drug-likeness (QED) is 0.559. The van der Waals surface area contributed by atoms with Crippen molar-refractivity contribution in [3.8, 4) is 0 Å². The van der Waals surface area contributed by atoms with Crippen LogP contribution in [0.2, 0.25) is 0 Å². The third kappa shape index (κ3) is 6.12. The molecular formula is C28H38N6O6. The Hall–Kier alpha value is -3.51. The highest BCUT2D eigenvalue weighted by atomic mass is 16.6. The van der Waals surface area contributed by atoms with Crippen LogP contribution < -0.4 is 15.8 Å². The third-order valence-corrected chi connectivity index (χ3v) is 7.58. The fourth-order valence-corrected chi connectivity index (χ4v) is 5.52. The zero-order chi connectivity index (χ0) is 28.6. The van der Waals surface area contributed by atoms with Gasteiger partial charge in [0.05, 0.1) is 30.3 Å². The number of amides is 3. The first-order valence-corrected chi connectivity index (χ1v) is 13.9. The molecule has 5 rings (SSSR count). The Morgan fingerprint density at radius 2 is 1.85 bits per heavy atom. The van der Waals surface area contributed by atoms with E-state index in [0.717, 1.165) is 43.8 Å². The van der Waals surface area contributed by atoms with Gasteiger partial charge in [0.25, 0.3) is 11.5 Å². The van der Waals surface area contributed by atoms with E-state index < -0.39 is 17.6 Å². The highest BCUT2D eigenvalue weighted by Gasteiger charge is 2.32. The first-order chi connectivity index (χ1) is 19.0. The number of ether oxygens (including phenoxy) is 2. The van der Waals surface area contributed by atoms with Crippen molar-refractivity contribution in [2.45, 2.75) is 58.3 Å². The number of aryl methyl sites for hydroxylation is 1. The molecule has 12 nitrogen and oxygen atoms in total. The normalized spacial score (nSPS) is 22.9. The lowest BCUT2D eigenvalue weighted by Crippen LogP contribution is -2.54. The van der Waals surface area contributed by atoms with Gasteiger partial charge in [-0.15, -0.1) is 0 Å². The number of benzene rings is 1. The maximum Gasteiger partial charge on any atom is 0.410 e. The Morgan fingerprint density at radius 3 is 2.55 bits per heavy atom. The molecule has 0 saturated carbocycles. The van der Waals surface area contributed by atoms with Gasteiger partial charge in [0.2, 0.25) is 5.91 Å². The summed E-state index contributed by atoms with van der Waals surface area (Å²) in [6.07, 6.45) is 0.0846. The van der Waals surface area contributed by atoms with Crippen LogP contribution in [0.25, 0.3) is 10.8 Å². The zero-order valence-electron chi connectivity index (χ0n) is 23.6. The highest BCUT2D eigenvalue weighted by Crippen LogP contribution is 2.25. The molecule has 0 radical (unpaired) electrons. The summed E-state index contributed by atoms with van der Waals surface area (Å²) in [6.45, 7) is 13.0. The number of hydrogen-bond acceptors (Lipinski definition) is 9. The number of rotatable bonds is 4. The zero-order valence-corrected chi connectivity index (χ0v) is 23.6. The van der Waals surface area contributed by atoms with E-state index in [1.54, 1.807) is 11.0 Å². The number of imide groups is 1. The molecular weight excluding hydrogens is 516 g/mol. The molecule has 3 fully saturated rings. The fraction of sp³-hybridized carbons (Fsp3) is 0.607. The van der Waals surface area contributed by atoms with Gasteiger partial charge in [-0.1, -0.05) is 0 Å². The van der Waals surface area contributed by atoms with Crippen LogP contribution in [0.4, 0.5) is 10.5 Å². The predicted octanol–water partition coefficient (Wildman–Crippen LogP) is 1.44. The minimum atomic E-state index is -0.787. The van der Waals surface area contributed by atoms with Gasteiger partial charge in [0, 0.05) is 56.8 Å². The van der Waals surface area contributed by atoms with Crippen LogP contribution in [0, 0.1) is 6.92 Å². The number of fused-ring (bicyclic) bond motifs is 1. The lowest BCUT2D eigenvalue weighted by molar-refractivity contribution is -0.136. The fourth-order valence-electron chi connectivity index (χ4n) is 5.52. The van der Waals surface area contributed by atoms with Crippen molar-refractivity contribution < 1.29 is 23.9 Å². The summed E-state index contributed by atoms with van der Waals surface area (Å²) in [5.74, 6) is -0.819. The van der Waals surface area contributed by atoms with E-state index in [2.05, 4.69) is 20.2 Å². The van der Waals surface area contributed by atoms with Crippen LogP contribution in [-0.2, 0) is 19.1 Å². The number of anilines is 1. The summed E-state index contributed by atoms with van der Waals surface area (Å²) in [6, 6.07) is 4.95. The second kappa shape index (κ2) is 11.2. The summed E-state index contributed by atoms with van der Waals surface area (Å²) in [5.41, 5.74) is 0.811. The van der Waals surface area contributed by atoms with Crippen LogP contribution in [0.3, 0.4) is 0 Å². The van der Waals surface area contributed by atoms with Crippen molar-refractivity contribution in [1.82, 2.24) is 24.9 Å². The van der Waals surface area contributed by atoms with Crippen molar-refractivity contribution in [3.63, 3.8) is 0 Å². The van der Waals surface area contributed by atoms with Gasteiger partial charge >= 0.3 is 6.09 Å². The second-order valence-corrected chi connectivity index (χ2v) is 11.7. The molecule has 0 aliphatic carbocycles. The molecule has 3 aliphatic rings. The molecule has 1 aromatic carbocycles. The van der Waals surface area contributed by atoms with Gasteiger partial charge in [-0.05, 0) is 52.3 Å². The number of morpholine rings is 1. The number of nitrogens with one attached hydrogen (secondary N) is 1. The smallest absolute Gasteiger partial charge is 0.410 e. The monoisotopic (exact) mass is 554 g/mol. The lowest BCUT2D eigenvalue weighted by atomic mass is 10.1. The van der Waals surface area contributed by atoms with Crippen LogP contribution in [-0.4, -0.2) is 102 Å². The van der Waals surface area contributed by atoms with Crippen molar-refractivity contribution in [2.24, 2.45) is 0 Å². The van der Waals surface area contributed by atoms with E-state index in [0.29, 0.717) is 30.8 Å². The molecule has 1 aromatic heterocycles. The number of aromatic nitrogens is 2. The molecule has 1 unspecified atom stereocenters. The summed E-state index contributed by atoms with van der Waals surface area (Å²) in [5, 5.41) is 8.01. The number of carbonyl (C=O) groups excluding carboxylic acids is 3. The molecule has 12 heteroatoms. The molecule has 2 aromatic rings. The van der Waals surface area contributed by atoms with Gasteiger partial charge in [-0.25, -0.2) is 9.48 Å². The second-order valence-electron chi connectivity index (χ2n) is 11.7. The summed E-state index contributed by atoms with van der Waals surface area (Å²) in [4.78, 5) is 56.0. The number of piperazine rings is 1. The maximum atomic E-state index is 13.2. The van der Waals surface area contributed by atoms with E-state index >= 15 is 0 Å². The van der Waals surface area contributed by atoms with Crippen molar-refractivity contribution in [3.05, 3.63) is 34.2 Å². The van der Waals surface area contributed by atoms with Gasteiger partial charge in [-0.2, -0.15) is 5.10 Å². The molecule has 1 N–H and O–H groups in total. The Morgan fingerprint density at radius 1 is 1.10 bits per heavy atom. The standard InChI is InChI=1S/C28H38N6O6/c1-18-22-15-19(5-6-21(22)26(37)34(30-18)23-7-8-24(35)29-25(23)36)32-11-9-31(10-12-32)16-20-17-33(13-14-39-20)27(38)40-28(2,3)4/h5-6,15,20,23H,7-14,16-17H2,1-4H3,(H,29,35,36)/t20-,23?/m1/s1. The molecule has 40 heavy (non-hydrogen) atoms. The van der Waals surface area contributed by atoms with E-state index in [1.165, 1.54) is 4.68 Å². The average Bonchev–Trinajstić information content (AvgIpc) is 2.90. The lowest BCUT2D eigenvalue weighted by Gasteiger charge is -2.40. The molecule has 2 atom stereocenters. The highest BCUT2D eigenvalue weighted by molar-refractivity contribution is 5.99. The van der Waals surface area contributed by atoms with E-state index in [9.17, 15) is 19.2 Å². The first-order valence-electron chi connectivity index (χ1n) is 13.9. The molecule has 216 valence electrons. The molecule has 3 saturated heterocycles. The van der Waals surface area contributed by atoms with Crippen molar-refractivity contribution in [2.75, 3.05) is 57.3 Å². The van der Waals surface area contributed by atoms with E-state index in [1.807, 2.05) is 39.8 Å². The van der Waals surface area contributed by atoms with Crippen LogP contribution in [0.15, 0.2) is 23.0 Å². The summed E-state index contributed by atoms with van der Waals surface area (Å²) >= 11 is 0. The Labute approximate surface area is 233 Å². The maximum absolute atomic E-state index is 13.2. The Bertz CT molecular complexity index is 1360. The molecule has 4 heterocycles. The van der Waals surface area contributed by atoms with Crippen molar-refractivity contribution >= 4 is 34.4 Å². The largest absolute Gasteiger partial charge is 0.444 e. The molecule has 0 bridgehead atoms. The van der Waals surface area contributed by atoms with Crippen LogP contribution in [0.5, 0.6) is 0 Å². The van der Waals surface area contributed by atoms with Crippen LogP contribution >= 0.6 is 0 Å². The minimum absolute atomic E-state index is 0.0613. The Balaban J connectivity index is 1.21. The molecule has 3 aliphatic heterocycles. The summed E-state index contributed by atoms with van der Waals surface area (Å²) in [7, 11) is 0. The number of piperidine rings is 1. The SMILES string of the molecule is Cc1nn(C2CCC(=O)NC2=O)c(=O)c2ccc(N3CCN(C[C@@H]4CN(C(=O)OC(C)(C)C)CCO4)CC3)cc12. The molecule has 3 amide bonds.